The zero-order valence-electron chi connectivity index (χ0n) is 12.8. The van der Waals surface area contributed by atoms with Crippen LogP contribution in [-0.4, -0.2) is 24.1 Å². The quantitative estimate of drug-likeness (QED) is 0.792. The van der Waals surface area contributed by atoms with E-state index in [1.165, 1.54) is 0 Å². The van der Waals surface area contributed by atoms with Gasteiger partial charge >= 0.3 is 11.9 Å². The number of ether oxygens (including phenoxy) is 2. The van der Waals surface area contributed by atoms with E-state index in [4.69, 9.17) is 9.47 Å². The summed E-state index contributed by atoms with van der Waals surface area (Å²) in [6, 6.07) is 6.57. The third-order valence-corrected chi connectivity index (χ3v) is 4.51. The fourth-order valence-corrected chi connectivity index (χ4v) is 3.19. The van der Waals surface area contributed by atoms with Gasteiger partial charge in [-0.3, -0.25) is 0 Å². The van der Waals surface area contributed by atoms with Gasteiger partial charge in [-0.2, -0.15) is 0 Å². The molecule has 0 heterocycles. The summed E-state index contributed by atoms with van der Waals surface area (Å²) < 4.78 is 10.9. The molecule has 2 saturated carbocycles. The molecule has 0 atom stereocenters. The summed E-state index contributed by atoms with van der Waals surface area (Å²) in [5.41, 5.74) is 0.980. The van der Waals surface area contributed by atoms with Crippen LogP contribution in [0.1, 0.15) is 72.1 Å². The SMILES string of the molecule is O=C(OC1CCCC1)c1ccc(C(=O)OC2CCCC2)cc1. The largest absolute Gasteiger partial charge is 0.459 e. The van der Waals surface area contributed by atoms with Crippen molar-refractivity contribution in [2.75, 3.05) is 0 Å². The van der Waals surface area contributed by atoms with E-state index >= 15 is 0 Å². The Morgan fingerprint density at radius 2 is 1.00 bits per heavy atom. The summed E-state index contributed by atoms with van der Waals surface area (Å²) in [7, 11) is 0. The van der Waals surface area contributed by atoms with Crippen LogP contribution in [0.3, 0.4) is 0 Å². The van der Waals surface area contributed by atoms with Gasteiger partial charge in [0.2, 0.25) is 0 Å². The lowest BCUT2D eigenvalue weighted by Gasteiger charge is -2.12. The van der Waals surface area contributed by atoms with Crippen LogP contribution in [0.2, 0.25) is 0 Å². The average Bonchev–Trinajstić information content (AvgIpc) is 3.21. The van der Waals surface area contributed by atoms with Gasteiger partial charge in [-0.25, -0.2) is 9.59 Å². The van der Waals surface area contributed by atoms with E-state index in [0.29, 0.717) is 11.1 Å². The molecule has 0 spiro atoms. The predicted molar refractivity (Wildman–Crippen MR) is 81.8 cm³/mol. The van der Waals surface area contributed by atoms with E-state index < -0.39 is 0 Å². The fraction of sp³-hybridized carbons (Fsp3) is 0.556. The van der Waals surface area contributed by atoms with Crippen molar-refractivity contribution in [1.82, 2.24) is 0 Å². The Bertz CT molecular complexity index is 474. The van der Waals surface area contributed by atoms with Gasteiger partial charge < -0.3 is 9.47 Å². The van der Waals surface area contributed by atoms with Crippen molar-refractivity contribution in [3.8, 4) is 0 Å². The molecule has 0 amide bonds. The molecule has 0 N–H and O–H groups in total. The summed E-state index contributed by atoms with van der Waals surface area (Å²) in [4.78, 5) is 24.0. The third kappa shape index (κ3) is 3.67. The van der Waals surface area contributed by atoms with E-state index in [0.717, 1.165) is 51.4 Å². The van der Waals surface area contributed by atoms with Crippen LogP contribution >= 0.6 is 0 Å². The van der Waals surface area contributed by atoms with Gasteiger partial charge in [-0.15, -0.1) is 0 Å². The number of benzene rings is 1. The molecule has 22 heavy (non-hydrogen) atoms. The highest BCUT2D eigenvalue weighted by Gasteiger charge is 2.22. The van der Waals surface area contributed by atoms with Crippen LogP contribution in [0, 0.1) is 0 Å². The van der Waals surface area contributed by atoms with Gasteiger partial charge in [0.25, 0.3) is 0 Å². The molecule has 0 aromatic heterocycles. The molecule has 3 rings (SSSR count). The molecule has 0 radical (unpaired) electrons. The molecule has 4 heteroatoms. The maximum atomic E-state index is 12.0. The molecule has 1 aromatic carbocycles. The van der Waals surface area contributed by atoms with Crippen LogP contribution < -0.4 is 0 Å². The molecular weight excluding hydrogens is 280 g/mol. The van der Waals surface area contributed by atoms with Crippen molar-refractivity contribution in [3.63, 3.8) is 0 Å². The van der Waals surface area contributed by atoms with Gasteiger partial charge in [0.05, 0.1) is 11.1 Å². The monoisotopic (exact) mass is 302 g/mol. The van der Waals surface area contributed by atoms with Gasteiger partial charge in [0.1, 0.15) is 12.2 Å². The second kappa shape index (κ2) is 6.95. The Morgan fingerprint density at radius 1 is 0.682 bits per heavy atom. The number of rotatable bonds is 4. The Balaban J connectivity index is 1.56. The summed E-state index contributed by atoms with van der Waals surface area (Å²) in [5.74, 6) is -0.606. The minimum absolute atomic E-state index is 0.0551. The summed E-state index contributed by atoms with van der Waals surface area (Å²) in [6.07, 6.45) is 8.45. The van der Waals surface area contributed by atoms with Crippen LogP contribution in [-0.2, 0) is 9.47 Å². The van der Waals surface area contributed by atoms with Gasteiger partial charge in [-0.05, 0) is 75.6 Å². The standard InChI is InChI=1S/C18H22O4/c19-17(21-15-5-1-2-6-15)13-9-11-14(12-10-13)18(20)22-16-7-3-4-8-16/h9-12,15-16H,1-8H2. The minimum atomic E-state index is -0.303. The van der Waals surface area contributed by atoms with Crippen molar-refractivity contribution in [2.24, 2.45) is 0 Å². The molecule has 0 unspecified atom stereocenters. The Hall–Kier alpha value is -1.84. The van der Waals surface area contributed by atoms with Crippen LogP contribution in [0.4, 0.5) is 0 Å². The molecule has 0 aliphatic heterocycles. The average molecular weight is 302 g/mol. The van der Waals surface area contributed by atoms with Crippen molar-refractivity contribution in [3.05, 3.63) is 35.4 Å². The van der Waals surface area contributed by atoms with E-state index in [1.54, 1.807) is 24.3 Å². The Morgan fingerprint density at radius 3 is 1.32 bits per heavy atom. The van der Waals surface area contributed by atoms with Crippen molar-refractivity contribution >= 4 is 11.9 Å². The number of hydrogen-bond acceptors (Lipinski definition) is 4. The van der Waals surface area contributed by atoms with Gasteiger partial charge in [0.15, 0.2) is 0 Å². The van der Waals surface area contributed by atoms with E-state index in [1.807, 2.05) is 0 Å². The number of hydrogen-bond donors (Lipinski definition) is 0. The highest BCUT2D eigenvalue weighted by molar-refractivity contribution is 5.93. The zero-order valence-corrected chi connectivity index (χ0v) is 12.8. The molecular formula is C18H22O4. The van der Waals surface area contributed by atoms with E-state index in [-0.39, 0.29) is 24.1 Å². The van der Waals surface area contributed by atoms with E-state index in [9.17, 15) is 9.59 Å². The molecule has 2 aliphatic rings. The van der Waals surface area contributed by atoms with Crippen molar-refractivity contribution in [1.29, 1.82) is 0 Å². The van der Waals surface area contributed by atoms with Crippen LogP contribution in [0.5, 0.6) is 0 Å². The molecule has 2 aliphatic carbocycles. The summed E-state index contributed by atoms with van der Waals surface area (Å²) in [5, 5.41) is 0. The Kier molecular flexibility index (Phi) is 4.76. The molecule has 118 valence electrons. The molecule has 0 saturated heterocycles. The second-order valence-electron chi connectivity index (χ2n) is 6.20. The highest BCUT2D eigenvalue weighted by Crippen LogP contribution is 2.23. The first-order valence-electron chi connectivity index (χ1n) is 8.24. The first kappa shape index (κ1) is 15.1. The number of carbonyl (C=O) groups excluding carboxylic acids is 2. The lowest BCUT2D eigenvalue weighted by atomic mass is 10.1. The summed E-state index contributed by atoms with van der Waals surface area (Å²) in [6.45, 7) is 0. The Labute approximate surface area is 130 Å². The van der Waals surface area contributed by atoms with Gasteiger partial charge in [-0.1, -0.05) is 0 Å². The van der Waals surface area contributed by atoms with Gasteiger partial charge in [0, 0.05) is 0 Å². The smallest absolute Gasteiger partial charge is 0.338 e. The number of carbonyl (C=O) groups is 2. The molecule has 4 nitrogen and oxygen atoms in total. The van der Waals surface area contributed by atoms with Crippen LogP contribution in [0.25, 0.3) is 0 Å². The first-order chi connectivity index (χ1) is 10.7. The van der Waals surface area contributed by atoms with Crippen LogP contribution in [0.15, 0.2) is 24.3 Å². The maximum Gasteiger partial charge on any atom is 0.338 e. The molecule has 1 aromatic rings. The number of esters is 2. The minimum Gasteiger partial charge on any atom is -0.459 e. The van der Waals surface area contributed by atoms with E-state index in [2.05, 4.69) is 0 Å². The lowest BCUT2D eigenvalue weighted by molar-refractivity contribution is 0.0302. The predicted octanol–water partition coefficient (Wildman–Crippen LogP) is 3.89. The highest BCUT2D eigenvalue weighted by atomic mass is 16.5. The van der Waals surface area contributed by atoms with Crippen molar-refractivity contribution < 1.29 is 19.1 Å². The normalized spacial score (nSPS) is 19.3. The lowest BCUT2D eigenvalue weighted by Crippen LogP contribution is -2.16. The third-order valence-electron chi connectivity index (χ3n) is 4.51. The van der Waals surface area contributed by atoms with Crippen molar-refractivity contribution in [2.45, 2.75) is 63.6 Å². The molecule has 2 fully saturated rings. The first-order valence-corrected chi connectivity index (χ1v) is 8.24. The maximum absolute atomic E-state index is 12.0. The second-order valence-corrected chi connectivity index (χ2v) is 6.20. The molecule has 0 bridgehead atoms. The zero-order chi connectivity index (χ0) is 15.4. The summed E-state index contributed by atoms with van der Waals surface area (Å²) >= 11 is 0. The topological polar surface area (TPSA) is 52.6 Å². The fourth-order valence-electron chi connectivity index (χ4n) is 3.19.